The van der Waals surface area contributed by atoms with Gasteiger partial charge in [0.05, 0.1) is 5.60 Å². The molecule has 0 bridgehead atoms. The largest absolute Gasteiger partial charge is 0.389 e. The van der Waals surface area contributed by atoms with E-state index in [1.54, 1.807) is 26.8 Å². The van der Waals surface area contributed by atoms with Crippen molar-refractivity contribution < 1.29 is 9.50 Å². The summed E-state index contributed by atoms with van der Waals surface area (Å²) < 4.78 is 13.7. The maximum Gasteiger partial charge on any atom is 0.130 e. The Morgan fingerprint density at radius 2 is 2.06 bits per heavy atom. The predicted octanol–water partition coefficient (Wildman–Crippen LogP) is 2.05. The number of aliphatic hydroxyl groups is 1. The normalized spacial score (nSPS) is 13.6. The second kappa shape index (κ2) is 5.02. The highest BCUT2D eigenvalue weighted by Gasteiger charge is 2.20. The highest BCUT2D eigenvalue weighted by molar-refractivity contribution is 5.55. The number of halogens is 1. The zero-order valence-corrected chi connectivity index (χ0v) is 10.9. The van der Waals surface area contributed by atoms with E-state index in [0.717, 1.165) is 5.69 Å². The second-order valence-corrected chi connectivity index (χ2v) is 5.13. The highest BCUT2D eigenvalue weighted by atomic mass is 19.1. The summed E-state index contributed by atoms with van der Waals surface area (Å²) in [6, 6.07) is 4.49. The van der Waals surface area contributed by atoms with Crippen LogP contribution in [0.3, 0.4) is 0 Å². The van der Waals surface area contributed by atoms with E-state index in [2.05, 4.69) is 0 Å². The van der Waals surface area contributed by atoms with Gasteiger partial charge < -0.3 is 15.7 Å². The second-order valence-electron chi connectivity index (χ2n) is 5.13. The van der Waals surface area contributed by atoms with Gasteiger partial charge in [0.15, 0.2) is 0 Å². The molecule has 0 unspecified atom stereocenters. The van der Waals surface area contributed by atoms with Crippen LogP contribution >= 0.6 is 0 Å². The Kier molecular flexibility index (Phi) is 4.11. The fraction of sp³-hybridized carbons (Fsp3) is 0.538. The van der Waals surface area contributed by atoms with Gasteiger partial charge in [-0.1, -0.05) is 6.07 Å². The number of rotatable bonds is 4. The van der Waals surface area contributed by atoms with Crippen LogP contribution in [0.4, 0.5) is 10.1 Å². The van der Waals surface area contributed by atoms with E-state index in [0.29, 0.717) is 12.1 Å². The number of nitrogens with two attached hydrogens (primary N) is 1. The first kappa shape index (κ1) is 13.9. The first-order valence-corrected chi connectivity index (χ1v) is 5.70. The molecule has 0 aromatic heterocycles. The Bertz CT molecular complexity index is 385. The van der Waals surface area contributed by atoms with Gasteiger partial charge in [0.1, 0.15) is 5.82 Å². The molecule has 0 radical (unpaired) electrons. The molecule has 1 aromatic carbocycles. The van der Waals surface area contributed by atoms with Crippen molar-refractivity contribution in [3.05, 3.63) is 29.6 Å². The van der Waals surface area contributed by atoms with Gasteiger partial charge in [-0.15, -0.1) is 0 Å². The molecular weight excluding hydrogens is 219 g/mol. The molecule has 3 nitrogen and oxygen atoms in total. The molecular formula is C13H21FN2O. The number of anilines is 1. The number of hydrogen-bond acceptors (Lipinski definition) is 3. The van der Waals surface area contributed by atoms with Crippen LogP contribution in [0.25, 0.3) is 0 Å². The van der Waals surface area contributed by atoms with Crippen molar-refractivity contribution in [2.75, 3.05) is 18.5 Å². The van der Waals surface area contributed by atoms with Gasteiger partial charge in [0.2, 0.25) is 0 Å². The van der Waals surface area contributed by atoms with Crippen LogP contribution in [0.5, 0.6) is 0 Å². The Balaban J connectivity index is 3.09. The van der Waals surface area contributed by atoms with Crippen molar-refractivity contribution in [1.82, 2.24) is 0 Å². The van der Waals surface area contributed by atoms with Crippen molar-refractivity contribution in [2.45, 2.75) is 32.4 Å². The summed E-state index contributed by atoms with van der Waals surface area (Å²) in [7, 11) is 1.82. The Labute approximate surface area is 102 Å². The van der Waals surface area contributed by atoms with Crippen LogP contribution in [0.2, 0.25) is 0 Å². The minimum Gasteiger partial charge on any atom is -0.389 e. The Hall–Kier alpha value is -1.13. The van der Waals surface area contributed by atoms with E-state index >= 15 is 0 Å². The van der Waals surface area contributed by atoms with E-state index in [-0.39, 0.29) is 11.9 Å². The highest BCUT2D eigenvalue weighted by Crippen LogP contribution is 2.27. The summed E-state index contributed by atoms with van der Waals surface area (Å²) in [6.07, 6.45) is 0. The van der Waals surface area contributed by atoms with Crippen LogP contribution in [0, 0.1) is 5.82 Å². The van der Waals surface area contributed by atoms with Gasteiger partial charge in [-0.2, -0.15) is 0 Å². The van der Waals surface area contributed by atoms with Crippen LogP contribution in [-0.4, -0.2) is 24.3 Å². The molecule has 0 fully saturated rings. The maximum atomic E-state index is 13.7. The van der Waals surface area contributed by atoms with Crippen molar-refractivity contribution in [2.24, 2.45) is 5.73 Å². The van der Waals surface area contributed by atoms with Crippen LogP contribution in [0.15, 0.2) is 18.2 Å². The average Bonchev–Trinajstić information content (AvgIpc) is 2.13. The SMILES string of the molecule is C[C@H](N)c1c(F)cccc1N(C)CC(C)(C)O. The topological polar surface area (TPSA) is 49.5 Å². The van der Waals surface area contributed by atoms with E-state index < -0.39 is 5.60 Å². The molecule has 3 N–H and O–H groups in total. The van der Waals surface area contributed by atoms with E-state index in [9.17, 15) is 9.50 Å². The summed E-state index contributed by atoms with van der Waals surface area (Å²) in [6.45, 7) is 5.60. The molecule has 0 aliphatic carbocycles. The summed E-state index contributed by atoms with van der Waals surface area (Å²) in [5.74, 6) is -0.305. The third-order valence-electron chi connectivity index (χ3n) is 2.52. The molecule has 4 heteroatoms. The lowest BCUT2D eigenvalue weighted by atomic mass is 10.0. The molecule has 0 saturated heterocycles. The molecule has 0 aliphatic heterocycles. The molecule has 1 aromatic rings. The summed E-state index contributed by atoms with van der Waals surface area (Å²) in [4.78, 5) is 1.82. The monoisotopic (exact) mass is 240 g/mol. The minimum absolute atomic E-state index is 0.305. The van der Waals surface area contributed by atoms with E-state index in [4.69, 9.17) is 5.73 Å². The average molecular weight is 240 g/mol. The molecule has 0 saturated carbocycles. The van der Waals surface area contributed by atoms with Gasteiger partial charge in [-0.3, -0.25) is 0 Å². The molecule has 1 rings (SSSR count). The summed E-state index contributed by atoms with van der Waals surface area (Å²) >= 11 is 0. The van der Waals surface area contributed by atoms with Crippen LogP contribution in [0.1, 0.15) is 32.4 Å². The molecule has 1 atom stereocenters. The molecule has 96 valence electrons. The molecule has 17 heavy (non-hydrogen) atoms. The number of nitrogens with zero attached hydrogens (tertiary/aromatic N) is 1. The number of benzene rings is 1. The zero-order valence-electron chi connectivity index (χ0n) is 10.9. The quantitative estimate of drug-likeness (QED) is 0.847. The Morgan fingerprint density at radius 3 is 2.53 bits per heavy atom. The lowest BCUT2D eigenvalue weighted by Gasteiger charge is -2.29. The Morgan fingerprint density at radius 1 is 1.47 bits per heavy atom. The molecule has 0 aliphatic rings. The van der Waals surface area contributed by atoms with Crippen molar-refractivity contribution in [1.29, 1.82) is 0 Å². The standard InChI is InChI=1S/C13H21FN2O/c1-9(15)12-10(14)6-5-7-11(12)16(4)8-13(2,3)17/h5-7,9,17H,8,15H2,1-4H3/t9-/m0/s1. The lowest BCUT2D eigenvalue weighted by Crippen LogP contribution is -2.37. The molecule has 0 heterocycles. The zero-order chi connectivity index (χ0) is 13.2. The maximum absolute atomic E-state index is 13.7. The fourth-order valence-corrected chi connectivity index (χ4v) is 1.97. The molecule has 0 amide bonds. The summed E-state index contributed by atoms with van der Waals surface area (Å²) in [5, 5.41) is 9.78. The van der Waals surface area contributed by atoms with Crippen molar-refractivity contribution in [3.8, 4) is 0 Å². The van der Waals surface area contributed by atoms with Gasteiger partial charge in [-0.25, -0.2) is 4.39 Å². The minimum atomic E-state index is -0.837. The first-order chi connectivity index (χ1) is 7.72. The lowest BCUT2D eigenvalue weighted by molar-refractivity contribution is 0.0885. The number of hydrogen-bond donors (Lipinski definition) is 2. The summed E-state index contributed by atoms with van der Waals surface area (Å²) in [5.41, 5.74) is 6.16. The van der Waals surface area contributed by atoms with Crippen LogP contribution in [-0.2, 0) is 0 Å². The van der Waals surface area contributed by atoms with Gasteiger partial charge in [0, 0.05) is 30.9 Å². The fourth-order valence-electron chi connectivity index (χ4n) is 1.97. The van der Waals surface area contributed by atoms with E-state index in [1.165, 1.54) is 6.07 Å². The van der Waals surface area contributed by atoms with E-state index in [1.807, 2.05) is 18.0 Å². The van der Waals surface area contributed by atoms with Crippen molar-refractivity contribution in [3.63, 3.8) is 0 Å². The van der Waals surface area contributed by atoms with Gasteiger partial charge in [-0.05, 0) is 32.9 Å². The third-order valence-corrected chi connectivity index (χ3v) is 2.52. The smallest absolute Gasteiger partial charge is 0.130 e. The first-order valence-electron chi connectivity index (χ1n) is 5.70. The number of likely N-dealkylation sites (N-methyl/N-ethyl adjacent to an activating group) is 1. The van der Waals surface area contributed by atoms with Crippen LogP contribution < -0.4 is 10.6 Å². The van der Waals surface area contributed by atoms with Gasteiger partial charge >= 0.3 is 0 Å². The molecule has 0 spiro atoms. The van der Waals surface area contributed by atoms with Crippen molar-refractivity contribution >= 4 is 5.69 Å². The van der Waals surface area contributed by atoms with Gasteiger partial charge in [0.25, 0.3) is 0 Å². The predicted molar refractivity (Wildman–Crippen MR) is 68.6 cm³/mol. The third kappa shape index (κ3) is 3.68.